The van der Waals surface area contributed by atoms with Gasteiger partial charge in [-0.25, -0.2) is 9.67 Å². The van der Waals surface area contributed by atoms with Crippen LogP contribution in [0.4, 0.5) is 5.82 Å². The second kappa shape index (κ2) is 4.06. The lowest BCUT2D eigenvalue weighted by Crippen LogP contribution is -2.24. The molecule has 1 aliphatic heterocycles. The van der Waals surface area contributed by atoms with Gasteiger partial charge in [0.1, 0.15) is 5.82 Å². The van der Waals surface area contributed by atoms with Gasteiger partial charge in [-0.05, 0) is 42.5 Å². The SMILES string of the molecule is Cc1ccsc1C1CCNc2c3cccnc3nn21. The van der Waals surface area contributed by atoms with Crippen LogP contribution in [-0.4, -0.2) is 21.3 Å². The van der Waals surface area contributed by atoms with Gasteiger partial charge in [-0.1, -0.05) is 0 Å². The summed E-state index contributed by atoms with van der Waals surface area (Å²) in [5, 5.41) is 11.4. The van der Waals surface area contributed by atoms with Crippen LogP contribution in [0.2, 0.25) is 0 Å². The van der Waals surface area contributed by atoms with Crippen LogP contribution in [0.1, 0.15) is 22.9 Å². The molecule has 3 aromatic heterocycles. The van der Waals surface area contributed by atoms with Gasteiger partial charge in [0.15, 0.2) is 5.65 Å². The lowest BCUT2D eigenvalue weighted by Gasteiger charge is -2.25. The fourth-order valence-electron chi connectivity index (χ4n) is 2.76. The summed E-state index contributed by atoms with van der Waals surface area (Å²) >= 11 is 1.82. The van der Waals surface area contributed by atoms with Crippen molar-refractivity contribution in [3.63, 3.8) is 0 Å². The molecule has 0 aliphatic carbocycles. The van der Waals surface area contributed by atoms with Crippen molar-refractivity contribution in [2.75, 3.05) is 11.9 Å². The molecule has 1 atom stereocenters. The average Bonchev–Trinajstić information content (AvgIpc) is 3.02. The van der Waals surface area contributed by atoms with Gasteiger partial charge in [-0.15, -0.1) is 16.4 Å². The Labute approximate surface area is 115 Å². The zero-order valence-corrected chi connectivity index (χ0v) is 11.4. The van der Waals surface area contributed by atoms with Gasteiger partial charge < -0.3 is 5.32 Å². The molecule has 0 radical (unpaired) electrons. The van der Waals surface area contributed by atoms with E-state index in [-0.39, 0.29) is 0 Å². The molecule has 1 N–H and O–H groups in total. The molecule has 0 spiro atoms. The molecule has 0 saturated heterocycles. The summed E-state index contributed by atoms with van der Waals surface area (Å²) in [7, 11) is 0. The highest BCUT2D eigenvalue weighted by Gasteiger charge is 2.26. The van der Waals surface area contributed by atoms with E-state index in [9.17, 15) is 0 Å². The van der Waals surface area contributed by atoms with Crippen LogP contribution in [-0.2, 0) is 0 Å². The maximum atomic E-state index is 4.68. The Bertz CT molecular complexity index is 743. The highest BCUT2D eigenvalue weighted by molar-refractivity contribution is 7.10. The third-order valence-corrected chi connectivity index (χ3v) is 4.80. The van der Waals surface area contributed by atoms with Crippen LogP contribution in [0.15, 0.2) is 29.8 Å². The molecule has 0 bridgehead atoms. The zero-order chi connectivity index (χ0) is 12.8. The van der Waals surface area contributed by atoms with Gasteiger partial charge in [0.25, 0.3) is 0 Å². The van der Waals surface area contributed by atoms with Gasteiger partial charge in [0.2, 0.25) is 0 Å². The molecule has 1 unspecified atom stereocenters. The second-order valence-electron chi connectivity index (χ2n) is 4.87. The van der Waals surface area contributed by atoms with Gasteiger partial charge in [0.05, 0.1) is 11.4 Å². The van der Waals surface area contributed by atoms with E-state index in [1.807, 2.05) is 17.4 Å². The van der Waals surface area contributed by atoms with Crippen LogP contribution in [0.5, 0.6) is 0 Å². The minimum absolute atomic E-state index is 0.338. The minimum Gasteiger partial charge on any atom is -0.370 e. The predicted octanol–water partition coefficient (Wildman–Crippen LogP) is 3.21. The van der Waals surface area contributed by atoms with E-state index in [1.54, 1.807) is 6.20 Å². The third kappa shape index (κ3) is 1.58. The molecule has 1 aliphatic rings. The smallest absolute Gasteiger partial charge is 0.183 e. The molecule has 0 aromatic carbocycles. The van der Waals surface area contributed by atoms with Crippen molar-refractivity contribution in [1.82, 2.24) is 14.8 Å². The summed E-state index contributed by atoms with van der Waals surface area (Å²) < 4.78 is 2.11. The van der Waals surface area contributed by atoms with Crippen molar-refractivity contribution in [1.29, 1.82) is 0 Å². The molecule has 19 heavy (non-hydrogen) atoms. The van der Waals surface area contributed by atoms with Crippen LogP contribution in [0.25, 0.3) is 11.0 Å². The Morgan fingerprint density at radius 2 is 2.37 bits per heavy atom. The fraction of sp³-hybridized carbons (Fsp3) is 0.286. The number of pyridine rings is 1. The van der Waals surface area contributed by atoms with Crippen molar-refractivity contribution >= 4 is 28.2 Å². The Hall–Kier alpha value is -1.88. The van der Waals surface area contributed by atoms with Crippen LogP contribution in [0.3, 0.4) is 0 Å². The lowest BCUT2D eigenvalue weighted by atomic mass is 10.1. The number of fused-ring (bicyclic) bond motifs is 3. The zero-order valence-electron chi connectivity index (χ0n) is 10.6. The van der Waals surface area contributed by atoms with E-state index in [2.05, 4.69) is 44.5 Å². The molecule has 0 amide bonds. The minimum atomic E-state index is 0.338. The number of thiophene rings is 1. The van der Waals surface area contributed by atoms with Crippen molar-refractivity contribution in [3.8, 4) is 0 Å². The molecule has 4 rings (SSSR count). The largest absolute Gasteiger partial charge is 0.370 e. The average molecular weight is 270 g/mol. The predicted molar refractivity (Wildman–Crippen MR) is 77.8 cm³/mol. The maximum absolute atomic E-state index is 4.68. The Balaban J connectivity index is 1.93. The fourth-order valence-corrected chi connectivity index (χ4v) is 3.80. The molecule has 4 nitrogen and oxygen atoms in total. The summed E-state index contributed by atoms with van der Waals surface area (Å²) in [6, 6.07) is 6.57. The van der Waals surface area contributed by atoms with Gasteiger partial charge in [-0.3, -0.25) is 0 Å². The number of hydrogen-bond acceptors (Lipinski definition) is 4. The maximum Gasteiger partial charge on any atom is 0.183 e. The van der Waals surface area contributed by atoms with E-state index in [4.69, 9.17) is 0 Å². The normalized spacial score (nSPS) is 18.3. The number of aromatic nitrogens is 3. The summed E-state index contributed by atoms with van der Waals surface area (Å²) in [5.74, 6) is 1.10. The van der Waals surface area contributed by atoms with E-state index < -0.39 is 0 Å². The Morgan fingerprint density at radius 3 is 3.21 bits per heavy atom. The molecule has 3 aromatic rings. The first-order valence-corrected chi connectivity index (χ1v) is 7.33. The number of aryl methyl sites for hydroxylation is 1. The number of hydrogen-bond donors (Lipinski definition) is 1. The number of anilines is 1. The van der Waals surface area contributed by atoms with Crippen LogP contribution >= 0.6 is 11.3 Å². The third-order valence-electron chi connectivity index (χ3n) is 3.68. The van der Waals surface area contributed by atoms with Crippen molar-refractivity contribution in [3.05, 3.63) is 40.2 Å². The van der Waals surface area contributed by atoms with Crippen molar-refractivity contribution in [2.45, 2.75) is 19.4 Å². The first-order chi connectivity index (χ1) is 9.34. The van der Waals surface area contributed by atoms with E-state index >= 15 is 0 Å². The van der Waals surface area contributed by atoms with Gasteiger partial charge in [-0.2, -0.15) is 0 Å². The first kappa shape index (κ1) is 11.0. The van der Waals surface area contributed by atoms with E-state index in [1.165, 1.54) is 10.4 Å². The quantitative estimate of drug-likeness (QED) is 0.738. The molecular weight excluding hydrogens is 256 g/mol. The van der Waals surface area contributed by atoms with Crippen LogP contribution in [0, 0.1) is 6.92 Å². The lowest BCUT2D eigenvalue weighted by molar-refractivity contribution is 0.490. The molecule has 96 valence electrons. The number of nitrogens with zero attached hydrogens (tertiary/aromatic N) is 3. The topological polar surface area (TPSA) is 42.7 Å². The highest BCUT2D eigenvalue weighted by Crippen LogP contribution is 2.36. The highest BCUT2D eigenvalue weighted by atomic mass is 32.1. The molecule has 5 heteroatoms. The molecular formula is C14H14N4S. The monoisotopic (exact) mass is 270 g/mol. The van der Waals surface area contributed by atoms with Gasteiger partial charge in [0, 0.05) is 17.6 Å². The standard InChI is InChI=1S/C14H14N4S/c1-9-5-8-19-12(9)11-4-7-16-14-10-3-2-6-15-13(10)17-18(11)14/h2-3,5-6,8,11,16H,4,7H2,1H3. The summed E-state index contributed by atoms with van der Waals surface area (Å²) in [4.78, 5) is 5.77. The summed E-state index contributed by atoms with van der Waals surface area (Å²) in [5.41, 5.74) is 2.18. The second-order valence-corrected chi connectivity index (χ2v) is 5.81. The summed E-state index contributed by atoms with van der Waals surface area (Å²) in [6.45, 7) is 3.16. The molecule has 0 saturated carbocycles. The van der Waals surface area contributed by atoms with E-state index in [0.29, 0.717) is 6.04 Å². The Morgan fingerprint density at radius 1 is 1.42 bits per heavy atom. The number of nitrogens with one attached hydrogen (secondary N) is 1. The summed E-state index contributed by atoms with van der Waals surface area (Å²) in [6.07, 6.45) is 2.87. The van der Waals surface area contributed by atoms with Crippen molar-refractivity contribution in [2.24, 2.45) is 0 Å². The van der Waals surface area contributed by atoms with E-state index in [0.717, 1.165) is 29.8 Å². The Kier molecular flexibility index (Phi) is 2.35. The number of rotatable bonds is 1. The molecule has 4 heterocycles. The molecule has 0 fully saturated rings. The first-order valence-electron chi connectivity index (χ1n) is 6.45. The van der Waals surface area contributed by atoms with Gasteiger partial charge >= 0.3 is 0 Å². The van der Waals surface area contributed by atoms with Crippen LogP contribution < -0.4 is 5.32 Å². The van der Waals surface area contributed by atoms with Crippen molar-refractivity contribution < 1.29 is 0 Å².